The predicted octanol–water partition coefficient (Wildman–Crippen LogP) is 4.44. The van der Waals surface area contributed by atoms with Gasteiger partial charge >= 0.3 is 0 Å². The maximum Gasteiger partial charge on any atom is 0.118 e. The Kier molecular flexibility index (Phi) is 4.78. The fraction of sp³-hybridized carbons (Fsp3) is 0.133. The molecule has 0 heterocycles. The summed E-state index contributed by atoms with van der Waals surface area (Å²) in [7, 11) is 1.65. The SMILES string of the molecule is COc1ccc(Sc2cccc(SC)c2C#N)cc1. The van der Waals surface area contributed by atoms with Gasteiger partial charge in [-0.15, -0.1) is 11.8 Å². The van der Waals surface area contributed by atoms with Crippen LogP contribution >= 0.6 is 23.5 Å². The lowest BCUT2D eigenvalue weighted by Gasteiger charge is -2.07. The minimum atomic E-state index is 0.746. The van der Waals surface area contributed by atoms with E-state index >= 15 is 0 Å². The highest BCUT2D eigenvalue weighted by atomic mass is 32.2. The van der Waals surface area contributed by atoms with Gasteiger partial charge in [0.25, 0.3) is 0 Å². The topological polar surface area (TPSA) is 33.0 Å². The quantitative estimate of drug-likeness (QED) is 0.778. The summed E-state index contributed by atoms with van der Waals surface area (Å²) in [6.07, 6.45) is 1.98. The molecule has 2 aromatic carbocycles. The van der Waals surface area contributed by atoms with Crippen molar-refractivity contribution in [1.82, 2.24) is 0 Å². The molecule has 19 heavy (non-hydrogen) atoms. The number of benzene rings is 2. The molecule has 2 aromatic rings. The Labute approximate surface area is 121 Å². The van der Waals surface area contributed by atoms with Crippen LogP contribution in [0.15, 0.2) is 57.2 Å². The molecular weight excluding hydrogens is 274 g/mol. The first-order valence-corrected chi connectivity index (χ1v) is 7.71. The highest BCUT2D eigenvalue weighted by Crippen LogP contribution is 2.34. The van der Waals surface area contributed by atoms with Gasteiger partial charge in [-0.3, -0.25) is 0 Å². The van der Waals surface area contributed by atoms with Gasteiger partial charge in [0.1, 0.15) is 11.8 Å². The molecule has 0 atom stereocenters. The average molecular weight is 287 g/mol. The van der Waals surface area contributed by atoms with Crippen LogP contribution in [0.3, 0.4) is 0 Å². The summed E-state index contributed by atoms with van der Waals surface area (Å²) in [6.45, 7) is 0. The lowest BCUT2D eigenvalue weighted by Crippen LogP contribution is -1.86. The standard InChI is InChI=1S/C15H13NOS2/c1-17-11-6-8-12(9-7-11)19-15-5-3-4-14(18-2)13(15)10-16/h3-9H,1-2H3. The van der Waals surface area contributed by atoms with E-state index in [1.54, 1.807) is 30.6 Å². The Morgan fingerprint density at radius 2 is 1.74 bits per heavy atom. The first-order chi connectivity index (χ1) is 9.28. The number of rotatable bonds is 4. The van der Waals surface area contributed by atoms with Crippen LogP contribution < -0.4 is 4.74 Å². The van der Waals surface area contributed by atoms with Crippen LogP contribution in [-0.2, 0) is 0 Å². The number of thioether (sulfide) groups is 1. The number of methoxy groups -OCH3 is 1. The van der Waals surface area contributed by atoms with Gasteiger partial charge in [0.05, 0.1) is 12.7 Å². The van der Waals surface area contributed by atoms with Crippen molar-refractivity contribution < 1.29 is 4.74 Å². The first-order valence-electron chi connectivity index (χ1n) is 5.67. The van der Waals surface area contributed by atoms with Crippen LogP contribution in [-0.4, -0.2) is 13.4 Å². The van der Waals surface area contributed by atoms with Crippen molar-refractivity contribution in [2.75, 3.05) is 13.4 Å². The van der Waals surface area contributed by atoms with E-state index in [4.69, 9.17) is 4.74 Å². The van der Waals surface area contributed by atoms with Crippen molar-refractivity contribution in [3.05, 3.63) is 48.0 Å². The van der Waals surface area contributed by atoms with Gasteiger partial charge in [-0.2, -0.15) is 5.26 Å². The summed E-state index contributed by atoms with van der Waals surface area (Å²) in [6, 6.07) is 16.1. The number of nitrogens with zero attached hydrogens (tertiary/aromatic N) is 1. The second kappa shape index (κ2) is 6.55. The molecule has 0 aromatic heterocycles. The molecule has 2 nitrogen and oxygen atoms in total. The third kappa shape index (κ3) is 3.25. The summed E-state index contributed by atoms with van der Waals surface area (Å²) in [5.74, 6) is 0.836. The largest absolute Gasteiger partial charge is 0.497 e. The fourth-order valence-corrected chi connectivity index (χ4v) is 3.22. The summed E-state index contributed by atoms with van der Waals surface area (Å²) in [5.41, 5.74) is 0.746. The van der Waals surface area contributed by atoms with Gasteiger partial charge in [-0.25, -0.2) is 0 Å². The van der Waals surface area contributed by atoms with Crippen LogP contribution in [0, 0.1) is 11.3 Å². The van der Waals surface area contributed by atoms with Crippen molar-refractivity contribution in [3.8, 4) is 11.8 Å². The Morgan fingerprint density at radius 3 is 2.32 bits per heavy atom. The van der Waals surface area contributed by atoms with Crippen molar-refractivity contribution in [2.45, 2.75) is 14.7 Å². The van der Waals surface area contributed by atoms with E-state index < -0.39 is 0 Å². The second-order valence-corrected chi connectivity index (χ2v) is 5.69. The van der Waals surface area contributed by atoms with Crippen molar-refractivity contribution in [1.29, 1.82) is 5.26 Å². The zero-order valence-corrected chi connectivity index (χ0v) is 12.3. The third-order valence-corrected chi connectivity index (χ3v) is 4.45. The number of nitriles is 1. The van der Waals surface area contributed by atoms with E-state index in [1.807, 2.05) is 48.7 Å². The van der Waals surface area contributed by atoms with E-state index in [1.165, 1.54) is 0 Å². The molecule has 0 saturated carbocycles. The Bertz CT molecular complexity index is 603. The van der Waals surface area contributed by atoms with Gasteiger partial charge in [-0.05, 0) is 42.7 Å². The summed E-state index contributed by atoms with van der Waals surface area (Å²) in [4.78, 5) is 3.09. The second-order valence-electron chi connectivity index (χ2n) is 3.72. The Morgan fingerprint density at radius 1 is 1.05 bits per heavy atom. The summed E-state index contributed by atoms with van der Waals surface area (Å²) < 4.78 is 5.14. The molecule has 0 aliphatic rings. The lowest BCUT2D eigenvalue weighted by molar-refractivity contribution is 0.414. The molecule has 0 N–H and O–H groups in total. The fourth-order valence-electron chi connectivity index (χ4n) is 1.65. The van der Waals surface area contributed by atoms with Crippen LogP contribution in [0.5, 0.6) is 5.75 Å². The normalized spacial score (nSPS) is 9.95. The average Bonchev–Trinajstić information content (AvgIpc) is 2.47. The highest BCUT2D eigenvalue weighted by Gasteiger charge is 2.08. The van der Waals surface area contributed by atoms with Crippen LogP contribution in [0.25, 0.3) is 0 Å². The van der Waals surface area contributed by atoms with Crippen LogP contribution in [0.2, 0.25) is 0 Å². The molecule has 0 unspecified atom stereocenters. The Hall–Kier alpha value is -1.57. The molecule has 0 aliphatic heterocycles. The van der Waals surface area contributed by atoms with E-state index in [0.717, 1.165) is 26.0 Å². The minimum Gasteiger partial charge on any atom is -0.497 e. The molecule has 96 valence electrons. The van der Waals surface area contributed by atoms with E-state index in [-0.39, 0.29) is 0 Å². The van der Waals surface area contributed by atoms with Gasteiger partial charge < -0.3 is 4.74 Å². The molecule has 2 rings (SSSR count). The van der Waals surface area contributed by atoms with Crippen molar-refractivity contribution in [3.63, 3.8) is 0 Å². The highest BCUT2D eigenvalue weighted by molar-refractivity contribution is 8.00. The smallest absolute Gasteiger partial charge is 0.118 e. The van der Waals surface area contributed by atoms with Crippen molar-refractivity contribution in [2.24, 2.45) is 0 Å². The molecular formula is C15H13NOS2. The van der Waals surface area contributed by atoms with Gasteiger partial charge in [0, 0.05) is 14.7 Å². The number of hydrogen-bond donors (Lipinski definition) is 0. The van der Waals surface area contributed by atoms with Gasteiger partial charge in [0.15, 0.2) is 0 Å². The lowest BCUT2D eigenvalue weighted by atomic mass is 10.2. The van der Waals surface area contributed by atoms with Crippen LogP contribution in [0.4, 0.5) is 0 Å². The van der Waals surface area contributed by atoms with Crippen molar-refractivity contribution >= 4 is 23.5 Å². The maximum atomic E-state index is 9.29. The van der Waals surface area contributed by atoms with E-state index in [9.17, 15) is 5.26 Å². The predicted molar refractivity (Wildman–Crippen MR) is 80.1 cm³/mol. The number of ether oxygens (including phenoxy) is 1. The zero-order valence-electron chi connectivity index (χ0n) is 10.7. The van der Waals surface area contributed by atoms with E-state index in [2.05, 4.69) is 6.07 Å². The zero-order chi connectivity index (χ0) is 13.7. The summed E-state index contributed by atoms with van der Waals surface area (Å²) >= 11 is 3.19. The molecule has 0 aliphatic carbocycles. The molecule has 0 amide bonds. The maximum absolute atomic E-state index is 9.29. The Balaban J connectivity index is 2.30. The summed E-state index contributed by atoms with van der Waals surface area (Å²) in [5, 5.41) is 9.29. The van der Waals surface area contributed by atoms with E-state index in [0.29, 0.717) is 0 Å². The monoisotopic (exact) mass is 287 g/mol. The molecule has 0 saturated heterocycles. The number of hydrogen-bond acceptors (Lipinski definition) is 4. The minimum absolute atomic E-state index is 0.746. The molecule has 0 bridgehead atoms. The third-order valence-electron chi connectivity index (χ3n) is 2.61. The van der Waals surface area contributed by atoms with Crippen LogP contribution in [0.1, 0.15) is 5.56 Å². The first kappa shape index (κ1) is 13.9. The molecule has 0 spiro atoms. The molecule has 0 fully saturated rings. The van der Waals surface area contributed by atoms with Gasteiger partial charge in [-0.1, -0.05) is 17.8 Å². The molecule has 4 heteroatoms. The molecule has 0 radical (unpaired) electrons. The van der Waals surface area contributed by atoms with Gasteiger partial charge in [0.2, 0.25) is 0 Å².